The number of aryl methyl sites for hydroxylation is 2. The molecule has 0 amide bonds. The van der Waals surface area contributed by atoms with E-state index in [1.165, 1.54) is 0 Å². The summed E-state index contributed by atoms with van der Waals surface area (Å²) < 4.78 is 0. The molecule has 0 aromatic heterocycles. The molecule has 0 aliphatic heterocycles. The number of hydrogen-bond acceptors (Lipinski definition) is 1. The van der Waals surface area contributed by atoms with Crippen LogP contribution in [0.25, 0.3) is 0 Å². The number of phenols is 1. The van der Waals surface area contributed by atoms with Gasteiger partial charge >= 0.3 is 0 Å². The molecule has 1 nitrogen and oxygen atoms in total. The monoisotopic (exact) mass is 190 g/mol. The molecule has 1 atom stereocenters. The molecule has 0 bridgehead atoms. The van der Waals surface area contributed by atoms with Gasteiger partial charge in [0.15, 0.2) is 0 Å². The van der Waals surface area contributed by atoms with E-state index >= 15 is 0 Å². The highest BCUT2D eigenvalue weighted by molar-refractivity contribution is 5.45. The van der Waals surface area contributed by atoms with Gasteiger partial charge < -0.3 is 5.11 Å². The van der Waals surface area contributed by atoms with E-state index in [1.807, 2.05) is 32.9 Å². The lowest BCUT2D eigenvalue weighted by Crippen LogP contribution is -1.95. The molecular formula is C13H18O. The first-order valence-corrected chi connectivity index (χ1v) is 4.99. The normalized spacial score (nSPS) is 13.4. The predicted molar refractivity (Wildman–Crippen MR) is 60.8 cm³/mol. The van der Waals surface area contributed by atoms with Gasteiger partial charge in [-0.25, -0.2) is 0 Å². The third-order valence-electron chi connectivity index (χ3n) is 2.45. The minimum atomic E-state index is 0.278. The zero-order valence-electron chi connectivity index (χ0n) is 9.33. The zero-order valence-corrected chi connectivity index (χ0v) is 9.33. The van der Waals surface area contributed by atoms with Crippen LogP contribution in [0.2, 0.25) is 0 Å². The maximum Gasteiger partial charge on any atom is 0.119 e. The number of phenolic OH excluding ortho intramolecular Hbond substituents is 1. The molecule has 0 heterocycles. The molecule has 1 N–H and O–H groups in total. The summed E-state index contributed by atoms with van der Waals surface area (Å²) in [6.07, 6.45) is 4.11. The molecule has 0 saturated carbocycles. The number of benzene rings is 1. The third-order valence-corrected chi connectivity index (χ3v) is 2.45. The maximum atomic E-state index is 9.84. The number of hydrogen-bond donors (Lipinski definition) is 1. The van der Waals surface area contributed by atoms with Crippen molar-refractivity contribution in [1.82, 2.24) is 0 Å². The Bertz CT molecular complexity index is 327. The van der Waals surface area contributed by atoms with Gasteiger partial charge in [-0.3, -0.25) is 0 Å². The highest BCUT2D eigenvalue weighted by atomic mass is 16.3. The smallest absolute Gasteiger partial charge is 0.119 e. The zero-order chi connectivity index (χ0) is 10.7. The van der Waals surface area contributed by atoms with Crippen molar-refractivity contribution in [3.05, 3.63) is 41.0 Å². The van der Waals surface area contributed by atoms with E-state index in [2.05, 4.69) is 19.1 Å². The predicted octanol–water partition coefficient (Wildman–Crippen LogP) is 3.69. The van der Waals surface area contributed by atoms with Gasteiger partial charge in [0, 0.05) is 11.5 Å². The van der Waals surface area contributed by atoms with Gasteiger partial charge in [0.05, 0.1) is 0 Å². The third kappa shape index (κ3) is 2.16. The quantitative estimate of drug-likeness (QED) is 0.705. The minimum absolute atomic E-state index is 0.278. The first kappa shape index (κ1) is 10.8. The lowest BCUT2D eigenvalue weighted by molar-refractivity contribution is 0.465. The lowest BCUT2D eigenvalue weighted by atomic mass is 9.93. The molecule has 0 saturated heterocycles. The Balaban J connectivity index is 3.20. The van der Waals surface area contributed by atoms with E-state index in [1.54, 1.807) is 0 Å². The molecule has 1 rings (SSSR count). The van der Waals surface area contributed by atoms with Gasteiger partial charge in [-0.15, -0.1) is 0 Å². The van der Waals surface area contributed by atoms with Crippen LogP contribution in [-0.2, 0) is 0 Å². The summed E-state index contributed by atoms with van der Waals surface area (Å²) in [5, 5.41) is 9.84. The van der Waals surface area contributed by atoms with Gasteiger partial charge in [0.25, 0.3) is 0 Å². The van der Waals surface area contributed by atoms with Gasteiger partial charge in [-0.05, 0) is 38.0 Å². The van der Waals surface area contributed by atoms with Gasteiger partial charge in [0.1, 0.15) is 5.75 Å². The summed E-state index contributed by atoms with van der Waals surface area (Å²) in [5.74, 6) is 0.689. The number of rotatable bonds is 2. The minimum Gasteiger partial charge on any atom is -0.508 e. The van der Waals surface area contributed by atoms with E-state index in [0.29, 0.717) is 5.75 Å². The molecule has 0 aliphatic carbocycles. The second-order valence-electron chi connectivity index (χ2n) is 3.83. The average Bonchev–Trinajstić information content (AvgIpc) is 2.01. The van der Waals surface area contributed by atoms with Crippen LogP contribution in [-0.4, -0.2) is 5.11 Å². The Morgan fingerprint density at radius 3 is 2.43 bits per heavy atom. The summed E-state index contributed by atoms with van der Waals surface area (Å²) in [4.78, 5) is 0. The first-order chi connectivity index (χ1) is 6.56. The molecule has 0 fully saturated rings. The maximum absolute atomic E-state index is 9.84. The summed E-state index contributed by atoms with van der Waals surface area (Å²) in [6.45, 7) is 8.13. The van der Waals surface area contributed by atoms with Crippen molar-refractivity contribution in [2.24, 2.45) is 0 Å². The Hall–Kier alpha value is -1.24. The summed E-state index contributed by atoms with van der Waals surface area (Å²) in [7, 11) is 0. The summed E-state index contributed by atoms with van der Waals surface area (Å²) in [5.41, 5.74) is 3.30. The number of allylic oxidation sites excluding steroid dienone is 2. The molecule has 1 unspecified atom stereocenters. The van der Waals surface area contributed by atoms with Crippen LogP contribution in [0.15, 0.2) is 24.3 Å². The van der Waals surface area contributed by atoms with E-state index in [0.717, 1.165) is 16.7 Å². The second kappa shape index (κ2) is 4.32. The van der Waals surface area contributed by atoms with Crippen molar-refractivity contribution in [2.75, 3.05) is 0 Å². The van der Waals surface area contributed by atoms with Crippen LogP contribution in [0, 0.1) is 13.8 Å². The molecule has 0 spiro atoms. The Morgan fingerprint density at radius 1 is 1.29 bits per heavy atom. The van der Waals surface area contributed by atoms with Crippen LogP contribution in [0.5, 0.6) is 5.75 Å². The standard InChI is InChI=1S/C13H18O/c1-5-6-10(3)13-11(4)7-9(2)8-12(13)14/h5-8,10,14H,1-4H3/b6-5+. The van der Waals surface area contributed by atoms with Crippen molar-refractivity contribution in [3.8, 4) is 5.75 Å². The summed E-state index contributed by atoms with van der Waals surface area (Å²) >= 11 is 0. The fourth-order valence-corrected chi connectivity index (χ4v) is 1.93. The molecular weight excluding hydrogens is 172 g/mol. The highest BCUT2D eigenvalue weighted by Gasteiger charge is 2.10. The average molecular weight is 190 g/mol. The van der Waals surface area contributed by atoms with E-state index in [-0.39, 0.29) is 5.92 Å². The van der Waals surface area contributed by atoms with Crippen LogP contribution >= 0.6 is 0 Å². The van der Waals surface area contributed by atoms with Crippen molar-refractivity contribution in [2.45, 2.75) is 33.6 Å². The SMILES string of the molecule is C/C=C/C(C)c1c(C)cc(C)cc1O. The fourth-order valence-electron chi connectivity index (χ4n) is 1.93. The van der Waals surface area contributed by atoms with Gasteiger partial charge in [0.2, 0.25) is 0 Å². The largest absolute Gasteiger partial charge is 0.508 e. The lowest BCUT2D eigenvalue weighted by Gasteiger charge is -2.13. The Labute approximate surface area is 86.1 Å². The van der Waals surface area contributed by atoms with E-state index in [9.17, 15) is 5.11 Å². The molecule has 0 aliphatic rings. The Morgan fingerprint density at radius 2 is 1.93 bits per heavy atom. The molecule has 1 aromatic carbocycles. The highest BCUT2D eigenvalue weighted by Crippen LogP contribution is 2.30. The molecule has 14 heavy (non-hydrogen) atoms. The van der Waals surface area contributed by atoms with E-state index in [4.69, 9.17) is 0 Å². The molecule has 0 radical (unpaired) electrons. The molecule has 1 heteroatoms. The Kier molecular flexibility index (Phi) is 3.34. The molecule has 76 valence electrons. The number of aromatic hydroxyl groups is 1. The van der Waals surface area contributed by atoms with Crippen LogP contribution < -0.4 is 0 Å². The van der Waals surface area contributed by atoms with E-state index < -0.39 is 0 Å². The first-order valence-electron chi connectivity index (χ1n) is 4.99. The van der Waals surface area contributed by atoms with Crippen molar-refractivity contribution in [1.29, 1.82) is 0 Å². The topological polar surface area (TPSA) is 20.2 Å². The fraction of sp³-hybridized carbons (Fsp3) is 0.385. The summed E-state index contributed by atoms with van der Waals surface area (Å²) in [6, 6.07) is 3.93. The van der Waals surface area contributed by atoms with Crippen LogP contribution in [0.1, 0.15) is 36.5 Å². The second-order valence-corrected chi connectivity index (χ2v) is 3.83. The van der Waals surface area contributed by atoms with Crippen molar-refractivity contribution < 1.29 is 5.11 Å². The van der Waals surface area contributed by atoms with Crippen molar-refractivity contribution in [3.63, 3.8) is 0 Å². The molecule has 1 aromatic rings. The van der Waals surface area contributed by atoms with Crippen molar-refractivity contribution >= 4 is 0 Å². The van der Waals surface area contributed by atoms with Crippen LogP contribution in [0.3, 0.4) is 0 Å². The van der Waals surface area contributed by atoms with Crippen LogP contribution in [0.4, 0.5) is 0 Å². The van der Waals surface area contributed by atoms with Gasteiger partial charge in [-0.2, -0.15) is 0 Å². The van der Waals surface area contributed by atoms with Gasteiger partial charge in [-0.1, -0.05) is 25.1 Å².